The van der Waals surface area contributed by atoms with Crippen LogP contribution in [0.4, 0.5) is 0 Å². The maximum absolute atomic E-state index is 6.37. The van der Waals surface area contributed by atoms with E-state index in [0.29, 0.717) is 5.02 Å². The van der Waals surface area contributed by atoms with Gasteiger partial charge in [0.1, 0.15) is 0 Å². The molecule has 1 aliphatic rings. The summed E-state index contributed by atoms with van der Waals surface area (Å²) in [6, 6.07) is 12.2. The number of hydrogen-bond acceptors (Lipinski definition) is 2. The number of hydrogen-bond donors (Lipinski definition) is 0. The molecule has 4 heteroatoms. The summed E-state index contributed by atoms with van der Waals surface area (Å²) in [6.45, 7) is 4.13. The monoisotopic (exact) mass is 372 g/mol. The summed E-state index contributed by atoms with van der Waals surface area (Å²) < 4.78 is 0.961. The molecule has 1 aliphatic heterocycles. The molecule has 1 aromatic carbocycles. The summed E-state index contributed by atoms with van der Waals surface area (Å²) >= 11 is 9.97. The van der Waals surface area contributed by atoms with Gasteiger partial charge < -0.3 is 4.90 Å². The van der Waals surface area contributed by atoms with Crippen molar-refractivity contribution in [2.75, 3.05) is 7.05 Å². The van der Waals surface area contributed by atoms with Crippen molar-refractivity contribution in [3.63, 3.8) is 0 Å². The lowest BCUT2D eigenvalue weighted by atomic mass is 9.95. The highest BCUT2D eigenvalue weighted by atomic mass is 79.9. The zero-order valence-electron chi connectivity index (χ0n) is 12.1. The molecule has 0 N–H and O–H groups in total. The molecule has 0 saturated carbocycles. The van der Waals surface area contributed by atoms with Gasteiger partial charge in [-0.1, -0.05) is 48.5 Å². The third kappa shape index (κ3) is 2.62. The van der Waals surface area contributed by atoms with Crippen molar-refractivity contribution in [2.24, 2.45) is 0 Å². The second-order valence-corrected chi connectivity index (χ2v) is 6.24. The first-order valence-electron chi connectivity index (χ1n) is 6.79. The van der Waals surface area contributed by atoms with Gasteiger partial charge in [0, 0.05) is 40.8 Å². The molecular formula is C18H14BrClN2. The topological polar surface area (TPSA) is 16.1 Å². The minimum atomic E-state index is 0.622. The normalized spacial score (nSPS) is 15.1. The fourth-order valence-electron chi connectivity index (χ4n) is 2.49. The van der Waals surface area contributed by atoms with Gasteiger partial charge >= 0.3 is 0 Å². The van der Waals surface area contributed by atoms with Crippen LogP contribution in [0.2, 0.25) is 5.02 Å². The van der Waals surface area contributed by atoms with Gasteiger partial charge in [-0.2, -0.15) is 0 Å². The van der Waals surface area contributed by atoms with Crippen LogP contribution in [0.5, 0.6) is 0 Å². The standard InChI is InChI=1S/C18H14BrClN2/c1-12-16(19)10-15(13-6-4-3-5-7-13)18(22(12)2)14-8-9-21-11-17(14)20/h3-11H,1H2,2H3. The lowest BCUT2D eigenvalue weighted by Crippen LogP contribution is -2.20. The van der Waals surface area contributed by atoms with Crippen molar-refractivity contribution >= 4 is 38.8 Å². The Balaban J connectivity index is 2.31. The SMILES string of the molecule is C=C1C(Br)=CC(c2ccccc2)=C(c2ccncc2Cl)N1C. The Kier molecular flexibility index (Phi) is 4.19. The molecular weight excluding hydrogens is 360 g/mol. The molecule has 0 amide bonds. The minimum Gasteiger partial charge on any atom is -0.343 e. The molecule has 0 bridgehead atoms. The summed E-state index contributed by atoms with van der Waals surface area (Å²) in [7, 11) is 1.99. The molecule has 3 rings (SSSR count). The second-order valence-electron chi connectivity index (χ2n) is 4.98. The first-order chi connectivity index (χ1) is 10.6. The highest BCUT2D eigenvalue weighted by Crippen LogP contribution is 2.41. The Bertz CT molecular complexity index is 794. The Labute approximate surface area is 143 Å². The molecule has 2 heterocycles. The van der Waals surface area contributed by atoms with Crippen LogP contribution in [0.3, 0.4) is 0 Å². The quantitative estimate of drug-likeness (QED) is 0.706. The van der Waals surface area contributed by atoms with E-state index in [1.54, 1.807) is 12.4 Å². The Morgan fingerprint density at radius 2 is 1.91 bits per heavy atom. The molecule has 0 radical (unpaired) electrons. The lowest BCUT2D eigenvalue weighted by Gasteiger charge is -2.31. The van der Waals surface area contributed by atoms with E-state index in [1.165, 1.54) is 0 Å². The average Bonchev–Trinajstić information content (AvgIpc) is 2.54. The van der Waals surface area contributed by atoms with E-state index in [1.807, 2.05) is 36.2 Å². The fourth-order valence-corrected chi connectivity index (χ4v) is 3.19. The van der Waals surface area contributed by atoms with Crippen molar-refractivity contribution in [3.8, 4) is 0 Å². The van der Waals surface area contributed by atoms with Crippen LogP contribution in [0.25, 0.3) is 11.3 Å². The van der Waals surface area contributed by atoms with E-state index in [9.17, 15) is 0 Å². The third-order valence-electron chi connectivity index (χ3n) is 3.65. The van der Waals surface area contributed by atoms with Gasteiger partial charge in [0.25, 0.3) is 0 Å². The highest BCUT2D eigenvalue weighted by molar-refractivity contribution is 9.12. The summed E-state index contributed by atoms with van der Waals surface area (Å²) in [6.07, 6.45) is 5.50. The molecule has 1 aromatic heterocycles. The van der Waals surface area contributed by atoms with E-state index in [0.717, 1.165) is 32.6 Å². The molecule has 0 unspecified atom stereocenters. The van der Waals surface area contributed by atoms with Crippen LogP contribution in [0, 0.1) is 0 Å². The average molecular weight is 374 g/mol. The van der Waals surface area contributed by atoms with Crippen molar-refractivity contribution in [1.29, 1.82) is 0 Å². The van der Waals surface area contributed by atoms with Crippen molar-refractivity contribution < 1.29 is 0 Å². The molecule has 0 saturated heterocycles. The van der Waals surface area contributed by atoms with Crippen LogP contribution in [-0.4, -0.2) is 16.9 Å². The maximum Gasteiger partial charge on any atom is 0.0682 e. The molecule has 2 nitrogen and oxygen atoms in total. The van der Waals surface area contributed by atoms with Gasteiger partial charge in [0.05, 0.1) is 10.7 Å². The number of rotatable bonds is 2. The van der Waals surface area contributed by atoms with Gasteiger partial charge in [0.15, 0.2) is 0 Å². The number of pyridine rings is 1. The van der Waals surface area contributed by atoms with Crippen molar-refractivity contribution in [1.82, 2.24) is 9.88 Å². The number of benzene rings is 1. The van der Waals surface area contributed by atoms with Gasteiger partial charge in [-0.05, 0) is 33.6 Å². The number of halogens is 2. The number of nitrogens with zero attached hydrogens (tertiary/aromatic N) is 2. The summed E-state index contributed by atoms with van der Waals surface area (Å²) in [5.41, 5.74) is 5.07. The molecule has 22 heavy (non-hydrogen) atoms. The fraction of sp³-hybridized carbons (Fsp3) is 0.0556. The predicted octanol–water partition coefficient (Wildman–Crippen LogP) is 5.34. The van der Waals surface area contributed by atoms with E-state index >= 15 is 0 Å². The number of aromatic nitrogens is 1. The minimum absolute atomic E-state index is 0.622. The van der Waals surface area contributed by atoms with Crippen LogP contribution in [0.1, 0.15) is 11.1 Å². The van der Waals surface area contributed by atoms with Crippen LogP contribution in [-0.2, 0) is 0 Å². The van der Waals surface area contributed by atoms with Gasteiger partial charge in [-0.15, -0.1) is 0 Å². The lowest BCUT2D eigenvalue weighted by molar-refractivity contribution is 0.615. The van der Waals surface area contributed by atoms with Crippen molar-refractivity contribution in [3.05, 3.63) is 87.8 Å². The highest BCUT2D eigenvalue weighted by Gasteiger charge is 2.24. The molecule has 0 atom stereocenters. The number of likely N-dealkylation sites (N-methyl/N-ethyl adjacent to an activating group) is 1. The summed E-state index contributed by atoms with van der Waals surface area (Å²) in [5, 5.41) is 0.622. The predicted molar refractivity (Wildman–Crippen MR) is 96.4 cm³/mol. The Hall–Kier alpha value is -1.84. The zero-order valence-corrected chi connectivity index (χ0v) is 14.4. The van der Waals surface area contributed by atoms with Crippen LogP contribution >= 0.6 is 27.5 Å². The molecule has 110 valence electrons. The first-order valence-corrected chi connectivity index (χ1v) is 7.96. The molecule has 2 aromatic rings. The van der Waals surface area contributed by atoms with Crippen molar-refractivity contribution in [2.45, 2.75) is 0 Å². The molecule has 0 fully saturated rings. The largest absolute Gasteiger partial charge is 0.343 e. The maximum atomic E-state index is 6.37. The van der Waals surface area contributed by atoms with Gasteiger partial charge in [-0.25, -0.2) is 0 Å². The van der Waals surface area contributed by atoms with E-state index < -0.39 is 0 Å². The molecule has 0 aliphatic carbocycles. The Morgan fingerprint density at radius 1 is 1.18 bits per heavy atom. The zero-order chi connectivity index (χ0) is 15.7. The smallest absolute Gasteiger partial charge is 0.0682 e. The van der Waals surface area contributed by atoms with Crippen LogP contribution < -0.4 is 0 Å². The van der Waals surface area contributed by atoms with Gasteiger partial charge in [-0.3, -0.25) is 4.98 Å². The van der Waals surface area contributed by atoms with E-state index in [4.69, 9.17) is 11.6 Å². The second kappa shape index (κ2) is 6.11. The third-order valence-corrected chi connectivity index (χ3v) is 4.64. The summed E-state index contributed by atoms with van der Waals surface area (Å²) in [4.78, 5) is 6.13. The number of allylic oxidation sites excluding steroid dienone is 3. The summed E-state index contributed by atoms with van der Waals surface area (Å²) in [5.74, 6) is 0. The van der Waals surface area contributed by atoms with Gasteiger partial charge in [0.2, 0.25) is 0 Å². The first kappa shape index (κ1) is 15.1. The molecule has 0 spiro atoms. The van der Waals surface area contributed by atoms with Crippen LogP contribution in [0.15, 0.2) is 71.6 Å². The van der Waals surface area contributed by atoms with E-state index in [2.05, 4.69) is 45.7 Å². The Morgan fingerprint density at radius 3 is 2.59 bits per heavy atom. The van der Waals surface area contributed by atoms with E-state index in [-0.39, 0.29) is 0 Å².